The van der Waals surface area contributed by atoms with Crippen molar-refractivity contribution in [2.24, 2.45) is 0 Å². The van der Waals surface area contributed by atoms with Gasteiger partial charge in [-0.15, -0.1) is 13.2 Å². The van der Waals surface area contributed by atoms with Crippen LogP contribution >= 0.6 is 15.9 Å². The zero-order chi connectivity index (χ0) is 18.3. The van der Waals surface area contributed by atoms with Crippen LogP contribution in [0.3, 0.4) is 0 Å². The van der Waals surface area contributed by atoms with Gasteiger partial charge in [-0.3, -0.25) is 0 Å². The lowest BCUT2D eigenvalue weighted by molar-refractivity contribution is -0.274. The molecule has 2 aromatic rings. The SMILES string of the molecule is CCN(Cc1cccc(OCCBr)c1)c1cccc(OC(F)(F)F)c1. The van der Waals surface area contributed by atoms with E-state index in [4.69, 9.17) is 4.74 Å². The van der Waals surface area contributed by atoms with Crippen molar-refractivity contribution in [3.8, 4) is 11.5 Å². The summed E-state index contributed by atoms with van der Waals surface area (Å²) in [6.07, 6.45) is -4.70. The fourth-order valence-corrected chi connectivity index (χ4v) is 2.54. The molecule has 136 valence electrons. The maximum absolute atomic E-state index is 12.4. The normalized spacial score (nSPS) is 11.2. The summed E-state index contributed by atoms with van der Waals surface area (Å²) >= 11 is 3.31. The summed E-state index contributed by atoms with van der Waals surface area (Å²) in [5.41, 5.74) is 1.67. The molecule has 7 heteroatoms. The van der Waals surface area contributed by atoms with Gasteiger partial charge in [-0.2, -0.15) is 0 Å². The molecule has 0 spiro atoms. The van der Waals surface area contributed by atoms with E-state index in [-0.39, 0.29) is 5.75 Å². The summed E-state index contributed by atoms with van der Waals surface area (Å²) in [4.78, 5) is 1.97. The lowest BCUT2D eigenvalue weighted by atomic mass is 10.2. The van der Waals surface area contributed by atoms with E-state index < -0.39 is 6.36 Å². The fraction of sp³-hybridized carbons (Fsp3) is 0.333. The predicted molar refractivity (Wildman–Crippen MR) is 95.6 cm³/mol. The summed E-state index contributed by atoms with van der Waals surface area (Å²) in [5.74, 6) is 0.542. The highest BCUT2D eigenvalue weighted by Gasteiger charge is 2.31. The Labute approximate surface area is 153 Å². The van der Waals surface area contributed by atoms with Crippen molar-refractivity contribution in [1.82, 2.24) is 0 Å². The molecule has 0 bridgehead atoms. The maximum Gasteiger partial charge on any atom is 0.573 e. The molecule has 0 amide bonds. The lowest BCUT2D eigenvalue weighted by Gasteiger charge is -2.24. The molecule has 0 aliphatic rings. The molecule has 0 saturated heterocycles. The molecule has 0 unspecified atom stereocenters. The first-order valence-corrected chi connectivity index (χ1v) is 8.92. The second kappa shape index (κ2) is 8.99. The summed E-state index contributed by atoms with van der Waals surface area (Å²) in [5, 5.41) is 0.740. The summed E-state index contributed by atoms with van der Waals surface area (Å²) in [6, 6.07) is 13.7. The first-order valence-electron chi connectivity index (χ1n) is 7.79. The standard InChI is InChI=1S/C18H19BrF3NO2/c1-2-23(13-14-5-3-7-16(11-14)24-10-9-19)15-6-4-8-17(12-15)25-18(20,21)22/h3-8,11-12H,2,9-10,13H2,1H3. The lowest BCUT2D eigenvalue weighted by Crippen LogP contribution is -2.22. The Morgan fingerprint density at radius 2 is 1.76 bits per heavy atom. The number of alkyl halides is 4. The van der Waals surface area contributed by atoms with Crippen molar-refractivity contribution < 1.29 is 22.6 Å². The van der Waals surface area contributed by atoms with Gasteiger partial charge in [0.25, 0.3) is 0 Å². The second-order valence-corrected chi connectivity index (χ2v) is 6.04. The van der Waals surface area contributed by atoms with Gasteiger partial charge in [-0.25, -0.2) is 0 Å². The molecule has 3 nitrogen and oxygen atoms in total. The topological polar surface area (TPSA) is 21.7 Å². The van der Waals surface area contributed by atoms with Gasteiger partial charge in [0.1, 0.15) is 11.5 Å². The molecule has 0 heterocycles. The Balaban J connectivity index is 2.13. The van der Waals surface area contributed by atoms with E-state index in [2.05, 4.69) is 20.7 Å². The van der Waals surface area contributed by atoms with Crippen molar-refractivity contribution in [3.05, 3.63) is 54.1 Å². The Morgan fingerprint density at radius 3 is 2.44 bits per heavy atom. The highest BCUT2D eigenvalue weighted by atomic mass is 79.9. The quantitative estimate of drug-likeness (QED) is 0.537. The average Bonchev–Trinajstić information content (AvgIpc) is 2.57. The van der Waals surface area contributed by atoms with Gasteiger partial charge in [0.2, 0.25) is 0 Å². The third-order valence-corrected chi connectivity index (χ3v) is 3.74. The molecule has 25 heavy (non-hydrogen) atoms. The van der Waals surface area contributed by atoms with E-state index >= 15 is 0 Å². The largest absolute Gasteiger partial charge is 0.573 e. The summed E-state index contributed by atoms with van der Waals surface area (Å²) in [7, 11) is 0. The molecule has 0 aliphatic heterocycles. The second-order valence-electron chi connectivity index (χ2n) is 5.24. The molecule has 0 aromatic heterocycles. The monoisotopic (exact) mass is 417 g/mol. The van der Waals surface area contributed by atoms with Crippen LogP contribution < -0.4 is 14.4 Å². The van der Waals surface area contributed by atoms with E-state index in [1.54, 1.807) is 12.1 Å². The predicted octanol–water partition coefficient (Wildman–Crippen LogP) is 5.39. The van der Waals surface area contributed by atoms with Crippen molar-refractivity contribution in [2.45, 2.75) is 19.8 Å². The Morgan fingerprint density at radius 1 is 1.04 bits per heavy atom. The van der Waals surface area contributed by atoms with Crippen LogP contribution in [0.1, 0.15) is 12.5 Å². The zero-order valence-corrected chi connectivity index (χ0v) is 15.3. The van der Waals surface area contributed by atoms with Crippen LogP contribution in [0.15, 0.2) is 48.5 Å². The van der Waals surface area contributed by atoms with E-state index in [1.165, 1.54) is 12.1 Å². The molecule has 0 fully saturated rings. The van der Waals surface area contributed by atoms with Crippen molar-refractivity contribution in [3.63, 3.8) is 0 Å². The van der Waals surface area contributed by atoms with E-state index in [9.17, 15) is 13.2 Å². The molecule has 0 radical (unpaired) electrons. The number of benzene rings is 2. The van der Waals surface area contributed by atoms with Crippen LogP contribution in [0.2, 0.25) is 0 Å². The van der Waals surface area contributed by atoms with E-state index in [0.717, 1.165) is 16.6 Å². The van der Waals surface area contributed by atoms with Crippen molar-refractivity contribution in [2.75, 3.05) is 23.4 Å². The molecule has 2 aromatic carbocycles. The van der Waals surface area contributed by atoms with E-state index in [0.29, 0.717) is 25.4 Å². The summed E-state index contributed by atoms with van der Waals surface area (Å²) in [6.45, 7) is 3.71. The number of ether oxygens (including phenoxy) is 2. The van der Waals surface area contributed by atoms with E-state index in [1.807, 2.05) is 36.1 Å². The van der Waals surface area contributed by atoms with Gasteiger partial charge in [0.15, 0.2) is 0 Å². The average molecular weight is 418 g/mol. The molecule has 0 saturated carbocycles. The molecule has 2 rings (SSSR count). The molecular formula is C18H19BrF3NO2. The number of hydrogen-bond donors (Lipinski definition) is 0. The molecular weight excluding hydrogens is 399 g/mol. The highest BCUT2D eigenvalue weighted by molar-refractivity contribution is 9.09. The first-order chi connectivity index (χ1) is 11.9. The number of anilines is 1. The Hall–Kier alpha value is -1.89. The molecule has 0 aliphatic carbocycles. The van der Waals surface area contributed by atoms with Crippen LogP contribution in [0.5, 0.6) is 11.5 Å². The van der Waals surface area contributed by atoms with Crippen molar-refractivity contribution in [1.29, 1.82) is 0 Å². The third kappa shape index (κ3) is 6.49. The third-order valence-electron chi connectivity index (χ3n) is 3.42. The highest BCUT2D eigenvalue weighted by Crippen LogP contribution is 2.28. The van der Waals surface area contributed by atoms with Gasteiger partial charge in [0.05, 0.1) is 6.61 Å². The fourth-order valence-electron chi connectivity index (χ4n) is 2.37. The van der Waals surface area contributed by atoms with Crippen molar-refractivity contribution >= 4 is 21.6 Å². The number of halogens is 4. The van der Waals surface area contributed by atoms with Gasteiger partial charge in [-0.05, 0) is 36.8 Å². The van der Waals surface area contributed by atoms with Gasteiger partial charge in [0, 0.05) is 30.2 Å². The summed E-state index contributed by atoms with van der Waals surface area (Å²) < 4.78 is 46.8. The van der Waals surface area contributed by atoms with Crippen LogP contribution in [0.25, 0.3) is 0 Å². The minimum atomic E-state index is -4.70. The van der Waals surface area contributed by atoms with Crippen LogP contribution in [0, 0.1) is 0 Å². The minimum absolute atomic E-state index is 0.224. The van der Waals surface area contributed by atoms with Gasteiger partial charge in [-0.1, -0.05) is 34.1 Å². The van der Waals surface area contributed by atoms with Crippen LogP contribution in [-0.2, 0) is 6.54 Å². The first kappa shape index (κ1) is 19.4. The number of hydrogen-bond acceptors (Lipinski definition) is 3. The maximum atomic E-state index is 12.4. The molecule has 0 atom stereocenters. The smallest absolute Gasteiger partial charge is 0.493 e. The Kier molecular flexibility index (Phi) is 6.99. The van der Waals surface area contributed by atoms with Gasteiger partial charge >= 0.3 is 6.36 Å². The minimum Gasteiger partial charge on any atom is -0.493 e. The number of rotatable bonds is 8. The van der Waals surface area contributed by atoms with Crippen LogP contribution in [0.4, 0.5) is 18.9 Å². The zero-order valence-electron chi connectivity index (χ0n) is 13.7. The Bertz CT molecular complexity index is 679. The molecule has 0 N–H and O–H groups in total. The van der Waals surface area contributed by atoms with Gasteiger partial charge < -0.3 is 14.4 Å². The number of nitrogens with zero attached hydrogens (tertiary/aromatic N) is 1. The van der Waals surface area contributed by atoms with Crippen LogP contribution in [-0.4, -0.2) is 24.8 Å².